The van der Waals surface area contributed by atoms with E-state index in [2.05, 4.69) is 0 Å². The molecule has 2 saturated heterocycles. The Kier molecular flexibility index (Phi) is 4.24. The van der Waals surface area contributed by atoms with Gasteiger partial charge in [0.2, 0.25) is 11.8 Å². The monoisotopic (exact) mass is 280 g/mol. The number of nitrogens with zero attached hydrogens (tertiary/aromatic N) is 2. The maximum Gasteiger partial charge on any atom is 0.227 e. The second-order valence-electron chi connectivity index (χ2n) is 6.19. The SMILES string of the molecule is O=C(C1CCCN(C(=O)C2CCC2)C1)N1CCOCC1. The molecule has 0 aromatic rings. The minimum atomic E-state index is 0.00544. The van der Waals surface area contributed by atoms with Crippen molar-refractivity contribution in [2.45, 2.75) is 32.1 Å². The lowest BCUT2D eigenvalue weighted by Gasteiger charge is -2.38. The highest BCUT2D eigenvalue weighted by atomic mass is 16.5. The largest absolute Gasteiger partial charge is 0.378 e. The number of rotatable bonds is 2. The van der Waals surface area contributed by atoms with Crippen LogP contribution in [0.3, 0.4) is 0 Å². The summed E-state index contributed by atoms with van der Waals surface area (Å²) in [5.74, 6) is 0.758. The lowest BCUT2D eigenvalue weighted by atomic mass is 9.83. The third-order valence-corrected chi connectivity index (χ3v) is 4.86. The molecular formula is C15H24N2O3. The molecule has 112 valence electrons. The molecule has 1 atom stereocenters. The van der Waals surface area contributed by atoms with E-state index in [9.17, 15) is 9.59 Å². The molecule has 1 aliphatic carbocycles. The smallest absolute Gasteiger partial charge is 0.227 e. The first-order valence-corrected chi connectivity index (χ1v) is 7.91. The van der Waals surface area contributed by atoms with Crippen molar-refractivity contribution in [3.8, 4) is 0 Å². The van der Waals surface area contributed by atoms with Gasteiger partial charge in [0.25, 0.3) is 0 Å². The van der Waals surface area contributed by atoms with Gasteiger partial charge in [-0.15, -0.1) is 0 Å². The van der Waals surface area contributed by atoms with Crippen molar-refractivity contribution in [2.75, 3.05) is 39.4 Å². The Bertz CT molecular complexity index is 375. The van der Waals surface area contributed by atoms with E-state index in [0.29, 0.717) is 32.8 Å². The second kappa shape index (κ2) is 6.12. The molecule has 0 spiro atoms. The molecule has 0 bridgehead atoms. The van der Waals surface area contributed by atoms with Gasteiger partial charge in [-0.25, -0.2) is 0 Å². The van der Waals surface area contributed by atoms with E-state index in [1.54, 1.807) is 0 Å². The summed E-state index contributed by atoms with van der Waals surface area (Å²) in [4.78, 5) is 28.7. The van der Waals surface area contributed by atoms with Gasteiger partial charge in [-0.3, -0.25) is 9.59 Å². The fourth-order valence-corrected chi connectivity index (χ4v) is 3.33. The fourth-order valence-electron chi connectivity index (χ4n) is 3.33. The topological polar surface area (TPSA) is 49.9 Å². The number of likely N-dealkylation sites (tertiary alicyclic amines) is 1. The van der Waals surface area contributed by atoms with Crippen molar-refractivity contribution in [1.82, 2.24) is 9.80 Å². The zero-order valence-corrected chi connectivity index (χ0v) is 12.1. The van der Waals surface area contributed by atoms with Crippen LogP contribution in [0.2, 0.25) is 0 Å². The second-order valence-corrected chi connectivity index (χ2v) is 6.19. The van der Waals surface area contributed by atoms with Gasteiger partial charge in [0.1, 0.15) is 0 Å². The Morgan fingerprint density at radius 1 is 0.800 bits per heavy atom. The molecule has 5 heteroatoms. The highest BCUT2D eigenvalue weighted by Gasteiger charge is 2.35. The van der Waals surface area contributed by atoms with Gasteiger partial charge in [0.05, 0.1) is 19.1 Å². The predicted octanol–water partition coefficient (Wildman–Crippen LogP) is 0.884. The molecule has 3 rings (SSSR count). The molecule has 3 aliphatic rings. The molecule has 0 aromatic carbocycles. The highest BCUT2D eigenvalue weighted by Crippen LogP contribution is 2.30. The number of ether oxygens (including phenoxy) is 1. The van der Waals surface area contributed by atoms with Crippen LogP contribution in [-0.2, 0) is 14.3 Å². The van der Waals surface area contributed by atoms with Crippen LogP contribution < -0.4 is 0 Å². The van der Waals surface area contributed by atoms with Crippen molar-refractivity contribution in [1.29, 1.82) is 0 Å². The Labute approximate surface area is 120 Å². The lowest BCUT2D eigenvalue weighted by Crippen LogP contribution is -2.51. The Balaban J connectivity index is 1.56. The maximum absolute atomic E-state index is 12.5. The first-order valence-electron chi connectivity index (χ1n) is 7.91. The molecule has 0 aromatic heterocycles. The van der Waals surface area contributed by atoms with Crippen LogP contribution >= 0.6 is 0 Å². The summed E-state index contributed by atoms with van der Waals surface area (Å²) >= 11 is 0. The van der Waals surface area contributed by atoms with Crippen molar-refractivity contribution in [3.63, 3.8) is 0 Å². The van der Waals surface area contributed by atoms with Gasteiger partial charge < -0.3 is 14.5 Å². The fraction of sp³-hybridized carbons (Fsp3) is 0.867. The summed E-state index contributed by atoms with van der Waals surface area (Å²) in [6.45, 7) is 4.15. The van der Waals surface area contributed by atoms with Crippen molar-refractivity contribution >= 4 is 11.8 Å². The number of morpholine rings is 1. The van der Waals surface area contributed by atoms with E-state index in [1.807, 2.05) is 9.80 Å². The Morgan fingerprint density at radius 2 is 1.45 bits per heavy atom. The standard InChI is InChI=1S/C15H24N2O3/c18-14(12-3-1-4-12)17-6-2-5-13(11-17)15(19)16-7-9-20-10-8-16/h12-13H,1-11H2. The molecule has 0 radical (unpaired) electrons. The minimum Gasteiger partial charge on any atom is -0.378 e. The third-order valence-electron chi connectivity index (χ3n) is 4.86. The van der Waals surface area contributed by atoms with E-state index in [4.69, 9.17) is 4.74 Å². The summed E-state index contributed by atoms with van der Waals surface area (Å²) in [7, 11) is 0. The van der Waals surface area contributed by atoms with Crippen LogP contribution in [0.15, 0.2) is 0 Å². The lowest BCUT2D eigenvalue weighted by molar-refractivity contribution is -0.146. The average Bonchev–Trinajstić information content (AvgIpc) is 2.46. The quantitative estimate of drug-likeness (QED) is 0.754. The number of carbonyl (C=O) groups excluding carboxylic acids is 2. The summed E-state index contributed by atoms with van der Waals surface area (Å²) in [5.41, 5.74) is 0. The molecule has 2 heterocycles. The zero-order chi connectivity index (χ0) is 13.9. The van der Waals surface area contributed by atoms with Crippen LogP contribution in [-0.4, -0.2) is 61.0 Å². The molecule has 3 fully saturated rings. The number of carbonyl (C=O) groups is 2. The molecule has 5 nitrogen and oxygen atoms in total. The van der Waals surface area contributed by atoms with Crippen molar-refractivity contribution in [3.05, 3.63) is 0 Å². The molecule has 2 aliphatic heterocycles. The Morgan fingerprint density at radius 3 is 2.10 bits per heavy atom. The Hall–Kier alpha value is -1.10. The van der Waals surface area contributed by atoms with Crippen LogP contribution in [0.4, 0.5) is 0 Å². The van der Waals surface area contributed by atoms with E-state index in [0.717, 1.165) is 32.2 Å². The van der Waals surface area contributed by atoms with Crippen LogP contribution in [0.1, 0.15) is 32.1 Å². The predicted molar refractivity (Wildman–Crippen MR) is 74.0 cm³/mol. The van der Waals surface area contributed by atoms with Crippen molar-refractivity contribution < 1.29 is 14.3 Å². The average molecular weight is 280 g/mol. The van der Waals surface area contributed by atoms with E-state index < -0.39 is 0 Å². The van der Waals surface area contributed by atoms with Gasteiger partial charge in [-0.1, -0.05) is 6.42 Å². The van der Waals surface area contributed by atoms with E-state index in [-0.39, 0.29) is 23.7 Å². The molecule has 2 amide bonds. The van der Waals surface area contributed by atoms with Crippen LogP contribution in [0.25, 0.3) is 0 Å². The van der Waals surface area contributed by atoms with Gasteiger partial charge >= 0.3 is 0 Å². The maximum atomic E-state index is 12.5. The number of amides is 2. The van der Waals surface area contributed by atoms with Crippen LogP contribution in [0, 0.1) is 11.8 Å². The van der Waals surface area contributed by atoms with Crippen LogP contribution in [0.5, 0.6) is 0 Å². The first-order chi connectivity index (χ1) is 9.75. The molecule has 1 unspecified atom stereocenters. The number of hydrogen-bond acceptors (Lipinski definition) is 3. The first kappa shape index (κ1) is 13.9. The number of piperidine rings is 1. The molecule has 0 N–H and O–H groups in total. The van der Waals surface area contributed by atoms with Gasteiger partial charge in [0, 0.05) is 32.1 Å². The van der Waals surface area contributed by atoms with E-state index in [1.165, 1.54) is 6.42 Å². The molecular weight excluding hydrogens is 256 g/mol. The summed E-state index contributed by atoms with van der Waals surface area (Å²) in [6.07, 6.45) is 5.14. The van der Waals surface area contributed by atoms with Gasteiger partial charge in [-0.2, -0.15) is 0 Å². The number of hydrogen-bond donors (Lipinski definition) is 0. The highest BCUT2D eigenvalue weighted by molar-refractivity contribution is 5.82. The summed E-state index contributed by atoms with van der Waals surface area (Å²) in [5, 5.41) is 0. The minimum absolute atomic E-state index is 0.00544. The summed E-state index contributed by atoms with van der Waals surface area (Å²) < 4.78 is 5.29. The van der Waals surface area contributed by atoms with Gasteiger partial charge in [0.15, 0.2) is 0 Å². The molecule has 20 heavy (non-hydrogen) atoms. The third kappa shape index (κ3) is 2.82. The van der Waals surface area contributed by atoms with Crippen molar-refractivity contribution in [2.24, 2.45) is 11.8 Å². The van der Waals surface area contributed by atoms with E-state index >= 15 is 0 Å². The molecule has 1 saturated carbocycles. The zero-order valence-electron chi connectivity index (χ0n) is 12.1. The van der Waals surface area contributed by atoms with Gasteiger partial charge in [-0.05, 0) is 25.7 Å². The summed E-state index contributed by atoms with van der Waals surface area (Å²) in [6, 6.07) is 0. The normalized spacial score (nSPS) is 28.1.